The van der Waals surface area contributed by atoms with E-state index in [9.17, 15) is 9.59 Å². The SMILES string of the molecule is CCC(C)NC(=O)CCNc1cc(C(=O)O)cc(Cl)n1. The van der Waals surface area contributed by atoms with Crippen molar-refractivity contribution in [2.45, 2.75) is 32.7 Å². The molecule has 0 aliphatic rings. The molecule has 110 valence electrons. The molecule has 1 rings (SSSR count). The van der Waals surface area contributed by atoms with Gasteiger partial charge in [0.1, 0.15) is 11.0 Å². The van der Waals surface area contributed by atoms with Crippen LogP contribution in [0.2, 0.25) is 5.15 Å². The molecule has 7 heteroatoms. The van der Waals surface area contributed by atoms with Crippen molar-refractivity contribution in [3.8, 4) is 0 Å². The van der Waals surface area contributed by atoms with E-state index >= 15 is 0 Å². The molecule has 0 spiro atoms. The molecule has 1 atom stereocenters. The van der Waals surface area contributed by atoms with Gasteiger partial charge in [-0.15, -0.1) is 0 Å². The zero-order valence-corrected chi connectivity index (χ0v) is 12.2. The average Bonchev–Trinajstić information content (AvgIpc) is 2.37. The van der Waals surface area contributed by atoms with Crippen LogP contribution >= 0.6 is 11.6 Å². The van der Waals surface area contributed by atoms with Crippen LogP contribution in [0.3, 0.4) is 0 Å². The van der Waals surface area contributed by atoms with Crippen LogP contribution in [0.25, 0.3) is 0 Å². The number of rotatable bonds is 7. The lowest BCUT2D eigenvalue weighted by molar-refractivity contribution is -0.121. The molecule has 3 N–H and O–H groups in total. The van der Waals surface area contributed by atoms with E-state index < -0.39 is 5.97 Å². The van der Waals surface area contributed by atoms with Gasteiger partial charge in [-0.25, -0.2) is 9.78 Å². The fourth-order valence-electron chi connectivity index (χ4n) is 1.46. The molecule has 1 aromatic heterocycles. The Bertz CT molecular complexity index is 494. The summed E-state index contributed by atoms with van der Waals surface area (Å²) in [5, 5.41) is 14.7. The van der Waals surface area contributed by atoms with Gasteiger partial charge in [0.05, 0.1) is 5.56 Å². The summed E-state index contributed by atoms with van der Waals surface area (Å²) in [5.41, 5.74) is 0.0524. The molecule has 0 aliphatic carbocycles. The summed E-state index contributed by atoms with van der Waals surface area (Å²) >= 11 is 5.73. The van der Waals surface area contributed by atoms with E-state index in [0.29, 0.717) is 12.4 Å². The number of anilines is 1. The highest BCUT2D eigenvalue weighted by molar-refractivity contribution is 6.29. The molecule has 0 saturated heterocycles. The third kappa shape index (κ3) is 5.44. The van der Waals surface area contributed by atoms with Crippen molar-refractivity contribution in [1.29, 1.82) is 0 Å². The van der Waals surface area contributed by atoms with Gasteiger partial charge >= 0.3 is 5.97 Å². The second-order valence-electron chi connectivity index (χ2n) is 4.42. The number of carboxylic acid groups (broad SMARTS) is 1. The summed E-state index contributed by atoms with van der Waals surface area (Å²) in [7, 11) is 0. The third-order valence-electron chi connectivity index (χ3n) is 2.72. The quantitative estimate of drug-likeness (QED) is 0.671. The Morgan fingerprint density at radius 1 is 1.45 bits per heavy atom. The number of amides is 1. The lowest BCUT2D eigenvalue weighted by Gasteiger charge is -2.12. The number of carbonyl (C=O) groups excluding carboxylic acids is 1. The maximum Gasteiger partial charge on any atom is 0.335 e. The summed E-state index contributed by atoms with van der Waals surface area (Å²) in [6, 6.07) is 2.79. The first-order valence-corrected chi connectivity index (χ1v) is 6.74. The molecule has 1 unspecified atom stereocenters. The first-order chi connectivity index (χ1) is 9.42. The molecule has 1 heterocycles. The Morgan fingerprint density at radius 3 is 2.75 bits per heavy atom. The van der Waals surface area contributed by atoms with Crippen LogP contribution in [0.15, 0.2) is 12.1 Å². The monoisotopic (exact) mass is 299 g/mol. The number of pyridine rings is 1. The van der Waals surface area contributed by atoms with Gasteiger partial charge in [-0.1, -0.05) is 18.5 Å². The minimum atomic E-state index is -1.08. The van der Waals surface area contributed by atoms with Crippen LogP contribution < -0.4 is 10.6 Å². The van der Waals surface area contributed by atoms with Crippen LogP contribution in [0, 0.1) is 0 Å². The van der Waals surface area contributed by atoms with E-state index in [1.165, 1.54) is 12.1 Å². The zero-order valence-electron chi connectivity index (χ0n) is 11.4. The molecule has 0 fully saturated rings. The van der Waals surface area contributed by atoms with Crippen molar-refractivity contribution in [3.63, 3.8) is 0 Å². The molecule has 0 aliphatic heterocycles. The van der Waals surface area contributed by atoms with Crippen LogP contribution in [-0.2, 0) is 4.79 Å². The summed E-state index contributed by atoms with van der Waals surface area (Å²) < 4.78 is 0. The minimum Gasteiger partial charge on any atom is -0.478 e. The van der Waals surface area contributed by atoms with E-state index in [4.69, 9.17) is 16.7 Å². The molecule has 6 nitrogen and oxygen atoms in total. The van der Waals surface area contributed by atoms with Crippen LogP contribution in [-0.4, -0.2) is 34.6 Å². The Labute approximate surface area is 122 Å². The number of halogens is 1. The van der Waals surface area contributed by atoms with Crippen LogP contribution in [0.5, 0.6) is 0 Å². The highest BCUT2D eigenvalue weighted by atomic mass is 35.5. The maximum atomic E-state index is 11.6. The van der Waals surface area contributed by atoms with Gasteiger partial charge in [0.15, 0.2) is 0 Å². The highest BCUT2D eigenvalue weighted by Gasteiger charge is 2.08. The molecule has 0 radical (unpaired) electrons. The lowest BCUT2D eigenvalue weighted by Crippen LogP contribution is -2.33. The Kier molecular flexibility index (Phi) is 6.24. The predicted octanol–water partition coefficient (Wildman–Crippen LogP) is 2.15. The fraction of sp³-hybridized carbons (Fsp3) is 0.462. The summed E-state index contributed by atoms with van der Waals surface area (Å²) in [5.74, 6) is -0.801. The van der Waals surface area contributed by atoms with Crippen molar-refractivity contribution >= 4 is 29.3 Å². The summed E-state index contributed by atoms with van der Waals surface area (Å²) in [6.45, 7) is 4.28. The van der Waals surface area contributed by atoms with Crippen molar-refractivity contribution in [3.05, 3.63) is 22.8 Å². The van der Waals surface area contributed by atoms with Crippen LogP contribution in [0.1, 0.15) is 37.0 Å². The van der Waals surface area contributed by atoms with Gasteiger partial charge in [0.2, 0.25) is 5.91 Å². The average molecular weight is 300 g/mol. The van der Waals surface area contributed by atoms with Crippen molar-refractivity contribution < 1.29 is 14.7 Å². The largest absolute Gasteiger partial charge is 0.478 e. The van der Waals surface area contributed by atoms with E-state index in [-0.39, 0.29) is 29.1 Å². The van der Waals surface area contributed by atoms with E-state index in [1.54, 1.807) is 0 Å². The maximum absolute atomic E-state index is 11.6. The van der Waals surface area contributed by atoms with Gasteiger partial charge in [-0.05, 0) is 25.5 Å². The van der Waals surface area contributed by atoms with Gasteiger partial charge in [0.25, 0.3) is 0 Å². The molecular formula is C13H18ClN3O3. The Hall–Kier alpha value is -1.82. The molecule has 0 aromatic carbocycles. The van der Waals surface area contributed by atoms with Crippen LogP contribution in [0.4, 0.5) is 5.82 Å². The van der Waals surface area contributed by atoms with Crippen molar-refractivity contribution in [2.24, 2.45) is 0 Å². The number of nitrogens with zero attached hydrogens (tertiary/aromatic N) is 1. The molecule has 1 amide bonds. The number of carboxylic acids is 1. The number of hydrogen-bond acceptors (Lipinski definition) is 4. The number of nitrogens with one attached hydrogen (secondary N) is 2. The van der Waals surface area contributed by atoms with Gasteiger partial charge in [-0.2, -0.15) is 0 Å². The molecule has 0 bridgehead atoms. The standard InChI is InChI=1S/C13H18ClN3O3/c1-3-8(2)16-12(18)4-5-15-11-7-9(13(19)20)6-10(14)17-11/h6-8H,3-5H2,1-2H3,(H,15,17)(H,16,18)(H,19,20). The van der Waals surface area contributed by atoms with E-state index in [2.05, 4.69) is 15.6 Å². The predicted molar refractivity (Wildman–Crippen MR) is 77.2 cm³/mol. The Balaban J connectivity index is 2.50. The number of aromatic carboxylic acids is 1. The highest BCUT2D eigenvalue weighted by Crippen LogP contribution is 2.14. The van der Waals surface area contributed by atoms with Crippen molar-refractivity contribution in [1.82, 2.24) is 10.3 Å². The third-order valence-corrected chi connectivity index (χ3v) is 2.91. The van der Waals surface area contributed by atoms with Crippen molar-refractivity contribution in [2.75, 3.05) is 11.9 Å². The molecule has 1 aromatic rings. The van der Waals surface area contributed by atoms with E-state index in [1.807, 2.05) is 13.8 Å². The number of carbonyl (C=O) groups is 2. The lowest BCUT2D eigenvalue weighted by atomic mass is 10.2. The first-order valence-electron chi connectivity index (χ1n) is 6.36. The second-order valence-corrected chi connectivity index (χ2v) is 4.81. The molecule has 0 saturated carbocycles. The minimum absolute atomic E-state index is 0.0524. The number of aromatic nitrogens is 1. The first kappa shape index (κ1) is 16.2. The summed E-state index contributed by atoms with van der Waals surface area (Å²) in [4.78, 5) is 26.4. The summed E-state index contributed by atoms with van der Waals surface area (Å²) in [6.07, 6.45) is 1.15. The number of hydrogen-bond donors (Lipinski definition) is 3. The topological polar surface area (TPSA) is 91.3 Å². The fourth-order valence-corrected chi connectivity index (χ4v) is 1.67. The second kappa shape index (κ2) is 7.69. The van der Waals surface area contributed by atoms with Gasteiger partial charge in [-0.3, -0.25) is 4.79 Å². The van der Waals surface area contributed by atoms with Gasteiger partial charge < -0.3 is 15.7 Å². The normalized spacial score (nSPS) is 11.8. The Morgan fingerprint density at radius 2 is 2.15 bits per heavy atom. The van der Waals surface area contributed by atoms with Gasteiger partial charge in [0, 0.05) is 19.0 Å². The van der Waals surface area contributed by atoms with E-state index in [0.717, 1.165) is 6.42 Å². The zero-order chi connectivity index (χ0) is 15.1. The molecular weight excluding hydrogens is 282 g/mol. The molecule has 20 heavy (non-hydrogen) atoms. The smallest absolute Gasteiger partial charge is 0.335 e.